The van der Waals surface area contributed by atoms with Crippen LogP contribution >= 0.6 is 0 Å². The van der Waals surface area contributed by atoms with Gasteiger partial charge in [0.1, 0.15) is 22.2 Å². The first kappa shape index (κ1) is 21.3. The van der Waals surface area contributed by atoms with E-state index in [9.17, 15) is 14.6 Å². The van der Waals surface area contributed by atoms with Crippen LogP contribution in [0.1, 0.15) is 42.0 Å². The van der Waals surface area contributed by atoms with Gasteiger partial charge in [0, 0.05) is 25.1 Å². The summed E-state index contributed by atoms with van der Waals surface area (Å²) in [6.07, 6.45) is 4.07. The number of aryl methyl sites for hydroxylation is 1. The van der Waals surface area contributed by atoms with Crippen LogP contribution in [0.2, 0.25) is 0 Å². The number of anilines is 2. The van der Waals surface area contributed by atoms with Gasteiger partial charge < -0.3 is 19.7 Å². The first-order chi connectivity index (χ1) is 16.6. The minimum atomic E-state index is -1.14. The van der Waals surface area contributed by atoms with E-state index in [1.807, 2.05) is 18.2 Å². The van der Waals surface area contributed by atoms with Gasteiger partial charge in [-0.05, 0) is 31.4 Å². The van der Waals surface area contributed by atoms with Crippen LogP contribution in [0, 0.1) is 11.3 Å². The number of nitrogens with one attached hydrogen (secondary N) is 1. The van der Waals surface area contributed by atoms with E-state index in [2.05, 4.69) is 16.3 Å². The molecule has 9 nitrogen and oxygen atoms in total. The summed E-state index contributed by atoms with van der Waals surface area (Å²) in [4.78, 5) is 17.0. The van der Waals surface area contributed by atoms with E-state index >= 15 is 0 Å². The van der Waals surface area contributed by atoms with Crippen LogP contribution in [0.25, 0.3) is 11.5 Å². The predicted octanol–water partition coefficient (Wildman–Crippen LogP) is 2.56. The number of aromatic nitrogens is 3. The van der Waals surface area contributed by atoms with Crippen molar-refractivity contribution in [3.05, 3.63) is 47.0 Å². The van der Waals surface area contributed by atoms with Crippen LogP contribution in [0.4, 0.5) is 11.8 Å². The van der Waals surface area contributed by atoms with Crippen LogP contribution in [0.3, 0.4) is 0 Å². The normalized spacial score (nSPS) is 20.2. The number of nitrogens with zero attached hydrogens (tertiary/aromatic N) is 5. The summed E-state index contributed by atoms with van der Waals surface area (Å²) in [6, 6.07) is 9.47. The fraction of sp³-hybridized carbons (Fsp3) is 0.417. The third kappa shape index (κ3) is 3.47. The molecule has 1 saturated carbocycles. The van der Waals surface area contributed by atoms with Crippen molar-refractivity contribution >= 4 is 22.6 Å². The lowest BCUT2D eigenvalue weighted by atomic mass is 9.77. The second-order valence-electron chi connectivity index (χ2n) is 9.08. The van der Waals surface area contributed by atoms with Crippen LogP contribution in [-0.2, 0) is 30.2 Å². The molecule has 0 amide bonds. The maximum atomic E-state index is 12.7. The van der Waals surface area contributed by atoms with E-state index in [0.717, 1.165) is 36.4 Å². The molecule has 0 radical (unpaired) electrons. The molecule has 10 heteroatoms. The second-order valence-corrected chi connectivity index (χ2v) is 10.6. The topological polar surface area (TPSA) is 128 Å². The minimum absolute atomic E-state index is 0.0205. The van der Waals surface area contributed by atoms with Crippen LogP contribution < -0.4 is 10.2 Å². The summed E-state index contributed by atoms with van der Waals surface area (Å²) in [6.45, 7) is 1.17. The lowest BCUT2D eigenvalue weighted by molar-refractivity contribution is 0.143. The average Bonchev–Trinajstić information content (AvgIpc) is 3.44. The molecule has 3 aliphatic rings. The number of oxazole rings is 1. The Morgan fingerprint density at radius 3 is 2.82 bits per heavy atom. The third-order valence-corrected chi connectivity index (χ3v) is 8.42. The average molecular weight is 477 g/mol. The number of fused-ring (bicyclic) bond motifs is 2. The number of hydrogen-bond acceptors (Lipinski definition) is 9. The van der Waals surface area contributed by atoms with Gasteiger partial charge in [-0.2, -0.15) is 10.2 Å². The molecule has 4 heterocycles. The molecule has 1 aliphatic carbocycles. The highest BCUT2D eigenvalue weighted by Crippen LogP contribution is 2.39. The van der Waals surface area contributed by atoms with Crippen molar-refractivity contribution in [1.82, 2.24) is 15.0 Å². The first-order valence-electron chi connectivity index (χ1n) is 11.5. The van der Waals surface area contributed by atoms with Gasteiger partial charge in [0.25, 0.3) is 0 Å². The highest BCUT2D eigenvalue weighted by Gasteiger charge is 2.39. The molecule has 1 aromatic carbocycles. The zero-order valence-corrected chi connectivity index (χ0v) is 19.4. The van der Waals surface area contributed by atoms with E-state index in [-0.39, 0.29) is 6.61 Å². The van der Waals surface area contributed by atoms with Crippen molar-refractivity contribution in [2.24, 2.45) is 0 Å². The van der Waals surface area contributed by atoms with Crippen LogP contribution in [0.15, 0.2) is 33.6 Å². The molecule has 174 valence electrons. The summed E-state index contributed by atoms with van der Waals surface area (Å²) in [7, 11) is -1.14. The molecule has 2 aliphatic heterocycles. The van der Waals surface area contributed by atoms with Crippen molar-refractivity contribution in [3.8, 4) is 17.5 Å². The number of nitriles is 1. The van der Waals surface area contributed by atoms with E-state index < -0.39 is 16.3 Å². The molecule has 0 spiro atoms. The minimum Gasteiger partial charge on any atom is -0.441 e. The molecule has 1 unspecified atom stereocenters. The smallest absolute Gasteiger partial charge is 0.227 e. The number of hydrogen-bond donors (Lipinski definition) is 2. The summed E-state index contributed by atoms with van der Waals surface area (Å²) < 4.78 is 18.7. The van der Waals surface area contributed by atoms with E-state index in [4.69, 9.17) is 19.4 Å². The quantitative estimate of drug-likeness (QED) is 0.571. The maximum Gasteiger partial charge on any atom is 0.227 e. The largest absolute Gasteiger partial charge is 0.441 e. The molecular formula is C24H24N6O3S. The van der Waals surface area contributed by atoms with Gasteiger partial charge in [-0.3, -0.25) is 4.21 Å². The number of aliphatic hydroxyl groups excluding tert-OH is 1. The zero-order valence-electron chi connectivity index (χ0n) is 18.6. The Bertz CT molecular complexity index is 1340. The molecule has 1 atom stereocenters. The highest BCUT2D eigenvalue weighted by molar-refractivity contribution is 7.85. The number of benzene rings is 1. The number of rotatable bonds is 5. The van der Waals surface area contributed by atoms with E-state index in [1.54, 1.807) is 6.07 Å². The monoisotopic (exact) mass is 476 g/mol. The van der Waals surface area contributed by atoms with Crippen molar-refractivity contribution in [2.75, 3.05) is 29.1 Å². The zero-order chi connectivity index (χ0) is 23.3. The van der Waals surface area contributed by atoms with Crippen molar-refractivity contribution in [3.63, 3.8) is 0 Å². The summed E-state index contributed by atoms with van der Waals surface area (Å²) >= 11 is 0. The van der Waals surface area contributed by atoms with E-state index in [1.165, 1.54) is 0 Å². The molecule has 3 aromatic rings. The van der Waals surface area contributed by atoms with Gasteiger partial charge in [0.05, 0.1) is 52.4 Å². The Kier molecular flexibility index (Phi) is 5.12. The number of aliphatic hydroxyl groups is 1. The summed E-state index contributed by atoms with van der Waals surface area (Å²) in [5.41, 5.74) is 2.44. The Labute approximate surface area is 199 Å². The van der Waals surface area contributed by atoms with Gasteiger partial charge in [0.15, 0.2) is 0 Å². The standard InChI is InChI=1S/C24H24N6O3S/c25-12-15-4-1-2-5-16(15)22-26-18-13-30(10-6-19(18)33-22)23-27-17-7-11-34(32)20(17)21(28-23)29-24(14-31)8-3-9-24/h1-2,4-5,31H,3,6-11,13-14H2,(H,27,28,29). The Morgan fingerprint density at radius 2 is 2.06 bits per heavy atom. The van der Waals surface area contributed by atoms with Crippen molar-refractivity contribution in [2.45, 2.75) is 49.1 Å². The molecular weight excluding hydrogens is 452 g/mol. The van der Waals surface area contributed by atoms with Crippen molar-refractivity contribution in [1.29, 1.82) is 5.26 Å². The molecule has 2 aromatic heterocycles. The molecule has 0 bridgehead atoms. The first-order valence-corrected chi connectivity index (χ1v) is 12.8. The lowest BCUT2D eigenvalue weighted by Gasteiger charge is -2.41. The predicted molar refractivity (Wildman–Crippen MR) is 126 cm³/mol. The third-order valence-electron chi connectivity index (χ3n) is 6.96. The molecule has 2 N–H and O–H groups in total. The Morgan fingerprint density at radius 1 is 1.21 bits per heavy atom. The summed E-state index contributed by atoms with van der Waals surface area (Å²) in [5, 5.41) is 22.8. The van der Waals surface area contributed by atoms with Crippen LogP contribution in [-0.4, -0.2) is 48.7 Å². The van der Waals surface area contributed by atoms with Gasteiger partial charge in [0.2, 0.25) is 11.8 Å². The Hall–Kier alpha value is -3.29. The molecule has 0 saturated heterocycles. The molecule has 34 heavy (non-hydrogen) atoms. The van der Waals surface area contributed by atoms with Crippen LogP contribution in [0.5, 0.6) is 0 Å². The summed E-state index contributed by atoms with van der Waals surface area (Å²) in [5.74, 6) is 2.96. The SMILES string of the molecule is N#Cc1ccccc1-c1nc2c(o1)CCN(c1nc3c(c(NC4(CO)CCC4)n1)S(=O)CC3)C2. The molecule has 6 rings (SSSR count). The van der Waals surface area contributed by atoms with Crippen molar-refractivity contribution < 1.29 is 13.7 Å². The maximum absolute atomic E-state index is 12.7. The lowest BCUT2D eigenvalue weighted by Crippen LogP contribution is -2.48. The fourth-order valence-corrected chi connectivity index (χ4v) is 6.14. The highest BCUT2D eigenvalue weighted by atomic mass is 32.2. The van der Waals surface area contributed by atoms with Gasteiger partial charge >= 0.3 is 0 Å². The van der Waals surface area contributed by atoms with E-state index in [0.29, 0.717) is 65.4 Å². The van der Waals surface area contributed by atoms with Gasteiger partial charge in [-0.25, -0.2) is 9.97 Å². The van der Waals surface area contributed by atoms with Gasteiger partial charge in [-0.15, -0.1) is 0 Å². The Balaban J connectivity index is 1.32. The van der Waals surface area contributed by atoms with Gasteiger partial charge in [-0.1, -0.05) is 12.1 Å². The fourth-order valence-electron chi connectivity index (χ4n) is 4.84. The molecule has 1 fully saturated rings. The second kappa shape index (κ2) is 8.18.